The van der Waals surface area contributed by atoms with E-state index in [4.69, 9.17) is 5.14 Å². The van der Waals surface area contributed by atoms with Gasteiger partial charge in [0.25, 0.3) is 0 Å². The molecule has 0 heterocycles. The van der Waals surface area contributed by atoms with Crippen LogP contribution in [0, 0.1) is 0 Å². The summed E-state index contributed by atoms with van der Waals surface area (Å²) in [5.41, 5.74) is 1.08. The molecule has 1 rings (SSSR count). The Morgan fingerprint density at radius 3 is 2.15 bits per heavy atom. The van der Waals surface area contributed by atoms with E-state index in [2.05, 4.69) is 31.0 Å². The Morgan fingerprint density at radius 1 is 1.25 bits per heavy atom. The van der Waals surface area contributed by atoms with Crippen LogP contribution in [0.4, 0.5) is 0 Å². The highest BCUT2D eigenvalue weighted by Crippen LogP contribution is 2.17. The molecule has 0 aliphatic carbocycles. The average Bonchev–Trinajstić information content (AvgIpc) is 2.35. The Morgan fingerprint density at radius 2 is 1.75 bits per heavy atom. The summed E-state index contributed by atoms with van der Waals surface area (Å²) in [6, 6.07) is 6.81. The molecule has 6 heteroatoms. The molecule has 5 nitrogen and oxygen atoms in total. The number of nitrogens with one attached hydrogen (secondary N) is 1. The van der Waals surface area contributed by atoms with E-state index >= 15 is 0 Å². The van der Waals surface area contributed by atoms with Gasteiger partial charge in [-0.15, -0.1) is 0 Å². The minimum Gasteiger partial charge on any atom is -0.308 e. The van der Waals surface area contributed by atoms with Crippen molar-refractivity contribution in [3.8, 4) is 0 Å². The second kappa shape index (κ2) is 6.22. The summed E-state index contributed by atoms with van der Waals surface area (Å²) in [5, 5.41) is 8.54. The standard InChI is InChI=1S/C14H25N3O2S/c1-11(16-10-14(2,3)17(4)5)12-6-8-13(9-7-12)20(15,18)19/h6-9,11,16H,10H2,1-5H3,(H2,15,18,19). The lowest BCUT2D eigenvalue weighted by molar-refractivity contribution is 0.185. The van der Waals surface area contributed by atoms with Gasteiger partial charge in [0.2, 0.25) is 10.0 Å². The molecule has 0 saturated heterocycles. The minimum atomic E-state index is -3.62. The molecule has 0 fully saturated rings. The second-order valence-electron chi connectivity index (χ2n) is 5.92. The molecule has 1 unspecified atom stereocenters. The first-order valence-electron chi connectivity index (χ1n) is 6.57. The maximum atomic E-state index is 11.2. The number of nitrogens with two attached hydrogens (primary N) is 1. The molecule has 1 aromatic rings. The van der Waals surface area contributed by atoms with Crippen LogP contribution < -0.4 is 10.5 Å². The number of hydrogen-bond acceptors (Lipinski definition) is 4. The van der Waals surface area contributed by atoms with Crippen molar-refractivity contribution >= 4 is 10.0 Å². The van der Waals surface area contributed by atoms with E-state index in [0.29, 0.717) is 0 Å². The molecule has 1 atom stereocenters. The van der Waals surface area contributed by atoms with Gasteiger partial charge in [-0.1, -0.05) is 12.1 Å². The highest BCUT2D eigenvalue weighted by molar-refractivity contribution is 7.89. The van der Waals surface area contributed by atoms with E-state index in [1.54, 1.807) is 24.3 Å². The minimum absolute atomic E-state index is 0.0504. The largest absolute Gasteiger partial charge is 0.308 e. The lowest BCUT2D eigenvalue weighted by Gasteiger charge is -2.34. The SMILES string of the molecule is CC(NCC(C)(C)N(C)C)c1ccc(S(N)(=O)=O)cc1. The molecule has 0 bridgehead atoms. The molecule has 1 aromatic carbocycles. The van der Waals surface area contributed by atoms with Gasteiger partial charge in [0.1, 0.15) is 0 Å². The fourth-order valence-electron chi connectivity index (χ4n) is 1.63. The molecule has 0 spiro atoms. The van der Waals surface area contributed by atoms with Crippen LogP contribution in [-0.2, 0) is 10.0 Å². The topological polar surface area (TPSA) is 75.4 Å². The molecular formula is C14H25N3O2S. The summed E-state index contributed by atoms with van der Waals surface area (Å²) < 4.78 is 22.4. The van der Waals surface area contributed by atoms with E-state index < -0.39 is 10.0 Å². The molecule has 0 aliphatic heterocycles. The maximum absolute atomic E-state index is 11.2. The Bertz CT molecular complexity index is 536. The van der Waals surface area contributed by atoms with Gasteiger partial charge in [-0.25, -0.2) is 13.6 Å². The van der Waals surface area contributed by atoms with Crippen molar-refractivity contribution in [1.29, 1.82) is 0 Å². The van der Waals surface area contributed by atoms with Crippen molar-refractivity contribution < 1.29 is 8.42 Å². The number of hydrogen-bond donors (Lipinski definition) is 2. The highest BCUT2D eigenvalue weighted by atomic mass is 32.2. The number of nitrogens with zero attached hydrogens (tertiary/aromatic N) is 1. The third-order valence-electron chi connectivity index (χ3n) is 3.76. The van der Waals surface area contributed by atoms with Crippen LogP contribution in [0.5, 0.6) is 0 Å². The molecule has 3 N–H and O–H groups in total. The second-order valence-corrected chi connectivity index (χ2v) is 7.48. The smallest absolute Gasteiger partial charge is 0.238 e. The fourth-order valence-corrected chi connectivity index (χ4v) is 2.14. The average molecular weight is 299 g/mol. The van der Waals surface area contributed by atoms with E-state index in [9.17, 15) is 8.42 Å². The Balaban J connectivity index is 2.72. The summed E-state index contributed by atoms with van der Waals surface area (Å²) in [5.74, 6) is 0. The maximum Gasteiger partial charge on any atom is 0.238 e. The van der Waals surface area contributed by atoms with Crippen molar-refractivity contribution in [1.82, 2.24) is 10.2 Å². The van der Waals surface area contributed by atoms with Crippen LogP contribution in [0.3, 0.4) is 0 Å². The van der Waals surface area contributed by atoms with Gasteiger partial charge in [-0.3, -0.25) is 0 Å². The van der Waals surface area contributed by atoms with Crippen LogP contribution in [0.2, 0.25) is 0 Å². The molecule has 114 valence electrons. The van der Waals surface area contributed by atoms with Crippen LogP contribution in [0.1, 0.15) is 32.4 Å². The Kier molecular flexibility index (Phi) is 5.32. The molecule has 0 amide bonds. The quantitative estimate of drug-likeness (QED) is 0.831. The predicted octanol–water partition coefficient (Wildman–Crippen LogP) is 1.32. The summed E-state index contributed by atoms with van der Waals surface area (Å²) in [6.45, 7) is 7.21. The van der Waals surface area contributed by atoms with Gasteiger partial charge in [0, 0.05) is 18.1 Å². The van der Waals surface area contributed by atoms with Crippen molar-refractivity contribution in [3.05, 3.63) is 29.8 Å². The van der Waals surface area contributed by atoms with Gasteiger partial charge in [0.15, 0.2) is 0 Å². The molecule has 0 aromatic heterocycles. The summed E-state index contributed by atoms with van der Waals surface area (Å²) >= 11 is 0. The first kappa shape index (κ1) is 17.1. The van der Waals surface area contributed by atoms with E-state index in [0.717, 1.165) is 12.1 Å². The normalized spacial score (nSPS) is 14.6. The third-order valence-corrected chi connectivity index (χ3v) is 4.69. The zero-order valence-corrected chi connectivity index (χ0v) is 13.7. The number of rotatable bonds is 6. The van der Waals surface area contributed by atoms with E-state index in [1.807, 2.05) is 14.1 Å². The highest BCUT2D eigenvalue weighted by Gasteiger charge is 2.21. The van der Waals surface area contributed by atoms with Crippen LogP contribution in [-0.4, -0.2) is 39.5 Å². The molecule has 0 saturated carbocycles. The molecule has 0 aliphatic rings. The van der Waals surface area contributed by atoms with Crippen molar-refractivity contribution in [2.45, 2.75) is 37.2 Å². The molecular weight excluding hydrogens is 274 g/mol. The summed E-state index contributed by atoms with van der Waals surface area (Å²) in [4.78, 5) is 2.30. The lowest BCUT2D eigenvalue weighted by Crippen LogP contribution is -2.47. The number of primary sulfonamides is 1. The monoisotopic (exact) mass is 299 g/mol. The summed E-state index contributed by atoms with van der Waals surface area (Å²) in [7, 11) is 0.479. The van der Waals surface area contributed by atoms with Gasteiger partial charge >= 0.3 is 0 Å². The first-order valence-corrected chi connectivity index (χ1v) is 8.12. The predicted molar refractivity (Wildman–Crippen MR) is 82.0 cm³/mol. The fraction of sp³-hybridized carbons (Fsp3) is 0.571. The van der Waals surface area contributed by atoms with Crippen LogP contribution in [0.25, 0.3) is 0 Å². The van der Waals surface area contributed by atoms with Gasteiger partial charge < -0.3 is 10.2 Å². The number of sulfonamides is 1. The van der Waals surface area contributed by atoms with Crippen molar-refractivity contribution in [2.24, 2.45) is 5.14 Å². The lowest BCUT2D eigenvalue weighted by atomic mass is 10.0. The molecule has 20 heavy (non-hydrogen) atoms. The summed E-state index contributed by atoms with van der Waals surface area (Å²) in [6.07, 6.45) is 0. The zero-order valence-electron chi connectivity index (χ0n) is 12.8. The zero-order chi connectivity index (χ0) is 15.6. The third kappa shape index (κ3) is 4.56. The van der Waals surface area contributed by atoms with E-state index in [-0.39, 0.29) is 16.5 Å². The van der Waals surface area contributed by atoms with E-state index in [1.165, 1.54) is 0 Å². The van der Waals surface area contributed by atoms with Crippen molar-refractivity contribution in [3.63, 3.8) is 0 Å². The molecule has 0 radical (unpaired) electrons. The Labute approximate surface area is 122 Å². The van der Waals surface area contributed by atoms with Gasteiger partial charge in [-0.2, -0.15) is 0 Å². The van der Waals surface area contributed by atoms with Crippen LogP contribution in [0.15, 0.2) is 29.2 Å². The van der Waals surface area contributed by atoms with Gasteiger partial charge in [0.05, 0.1) is 4.90 Å². The van der Waals surface area contributed by atoms with Gasteiger partial charge in [-0.05, 0) is 52.6 Å². The first-order chi connectivity index (χ1) is 9.04. The van der Waals surface area contributed by atoms with Crippen LogP contribution >= 0.6 is 0 Å². The Hall–Kier alpha value is -0.950. The number of likely N-dealkylation sites (N-methyl/N-ethyl adjacent to an activating group) is 1. The van der Waals surface area contributed by atoms with Crippen molar-refractivity contribution in [2.75, 3.05) is 20.6 Å². The number of benzene rings is 1.